The second-order valence-electron chi connectivity index (χ2n) is 12.9. The Labute approximate surface area is 273 Å². The highest BCUT2D eigenvalue weighted by Gasteiger charge is 2.42. The molecule has 0 aliphatic carbocycles. The number of carboxylic acids is 1. The number of carbonyl (C=O) groups is 2. The number of benzene rings is 2. The van der Waals surface area contributed by atoms with Crippen molar-refractivity contribution in [3.8, 4) is 0 Å². The fourth-order valence-electron chi connectivity index (χ4n) is 4.83. The maximum atomic E-state index is 13.9. The molecule has 1 aliphatic rings. The van der Waals surface area contributed by atoms with Gasteiger partial charge in [0, 0.05) is 24.4 Å². The van der Waals surface area contributed by atoms with Gasteiger partial charge in [-0.2, -0.15) is 4.31 Å². The number of amides is 1. The highest BCUT2D eigenvalue weighted by molar-refractivity contribution is 8.14. The lowest BCUT2D eigenvalue weighted by atomic mass is 9.85. The van der Waals surface area contributed by atoms with Crippen LogP contribution in [0.5, 0.6) is 0 Å². The molecule has 46 heavy (non-hydrogen) atoms. The van der Waals surface area contributed by atoms with Crippen molar-refractivity contribution in [2.45, 2.75) is 71.2 Å². The molecule has 13 heteroatoms. The van der Waals surface area contributed by atoms with Crippen molar-refractivity contribution < 1.29 is 32.2 Å². The number of ether oxygens (including phenoxy) is 1. The molecule has 0 saturated heterocycles. The summed E-state index contributed by atoms with van der Waals surface area (Å²) in [5.41, 5.74) is 0.0496. The number of carboxylic acid groups (broad SMARTS) is 1. The van der Waals surface area contributed by atoms with E-state index in [4.69, 9.17) is 4.74 Å². The van der Waals surface area contributed by atoms with Crippen molar-refractivity contribution in [3.63, 3.8) is 0 Å². The third-order valence-corrected chi connectivity index (χ3v) is 9.71. The molecule has 2 aromatic carbocycles. The molecular formula is C33H39FN4O6S2. The van der Waals surface area contributed by atoms with Crippen LogP contribution in [-0.2, 0) is 32.6 Å². The van der Waals surface area contributed by atoms with Gasteiger partial charge >= 0.3 is 12.1 Å². The summed E-state index contributed by atoms with van der Waals surface area (Å²) in [4.78, 5) is 36.0. The van der Waals surface area contributed by atoms with Crippen LogP contribution in [0, 0.1) is 11.2 Å². The van der Waals surface area contributed by atoms with Crippen LogP contribution >= 0.6 is 11.8 Å². The minimum atomic E-state index is -4.17. The number of pyridine rings is 1. The Morgan fingerprint density at radius 1 is 0.978 bits per heavy atom. The Balaban J connectivity index is 1.74. The highest BCUT2D eigenvalue weighted by atomic mass is 32.2. The van der Waals surface area contributed by atoms with Gasteiger partial charge in [-0.1, -0.05) is 51.1 Å². The number of aromatic nitrogens is 1. The van der Waals surface area contributed by atoms with Crippen LogP contribution in [0.25, 0.3) is 0 Å². The van der Waals surface area contributed by atoms with E-state index in [9.17, 15) is 27.5 Å². The van der Waals surface area contributed by atoms with E-state index in [-0.39, 0.29) is 29.5 Å². The first-order chi connectivity index (χ1) is 21.5. The quantitative estimate of drug-likeness (QED) is 0.264. The molecule has 2 heterocycles. The summed E-state index contributed by atoms with van der Waals surface area (Å²) in [6, 6.07) is 15.3. The molecule has 0 saturated carbocycles. The lowest BCUT2D eigenvalue weighted by Gasteiger charge is -2.37. The Hall–Kier alpha value is -3.81. The van der Waals surface area contributed by atoms with Crippen LogP contribution in [0.4, 0.5) is 15.0 Å². The van der Waals surface area contributed by atoms with E-state index >= 15 is 0 Å². The maximum absolute atomic E-state index is 13.9. The smallest absolute Gasteiger partial charge is 0.416 e. The van der Waals surface area contributed by atoms with E-state index in [0.29, 0.717) is 5.56 Å². The lowest BCUT2D eigenvalue weighted by Crippen LogP contribution is -2.54. The van der Waals surface area contributed by atoms with Crippen molar-refractivity contribution >= 4 is 44.7 Å². The van der Waals surface area contributed by atoms with Gasteiger partial charge in [-0.05, 0) is 68.1 Å². The van der Waals surface area contributed by atoms with Gasteiger partial charge in [0.1, 0.15) is 23.3 Å². The molecule has 10 nitrogen and oxygen atoms in total. The van der Waals surface area contributed by atoms with Gasteiger partial charge in [-0.15, -0.1) is 11.8 Å². The molecule has 1 aromatic heterocycles. The van der Waals surface area contributed by atoms with E-state index in [0.717, 1.165) is 39.9 Å². The molecule has 0 spiro atoms. The lowest BCUT2D eigenvalue weighted by molar-refractivity contribution is -0.141. The summed E-state index contributed by atoms with van der Waals surface area (Å²) in [6.07, 6.45) is -0.902. The number of hydrogen-bond acceptors (Lipinski definition) is 8. The summed E-state index contributed by atoms with van der Waals surface area (Å²) in [6.45, 7) is 10.6. The van der Waals surface area contributed by atoms with Crippen LogP contribution in [0.2, 0.25) is 0 Å². The average Bonchev–Trinajstić information content (AvgIpc) is 3.50. The van der Waals surface area contributed by atoms with E-state index in [1.165, 1.54) is 22.5 Å². The van der Waals surface area contributed by atoms with Gasteiger partial charge in [0.05, 0.1) is 22.2 Å². The van der Waals surface area contributed by atoms with Gasteiger partial charge in [0.2, 0.25) is 10.0 Å². The Kier molecular flexibility index (Phi) is 10.6. The van der Waals surface area contributed by atoms with E-state index in [1.54, 1.807) is 65.4 Å². The molecule has 1 unspecified atom stereocenters. The topological polar surface area (TPSA) is 129 Å². The van der Waals surface area contributed by atoms with Gasteiger partial charge in [0.15, 0.2) is 0 Å². The number of hydrogen-bond donors (Lipinski definition) is 1. The van der Waals surface area contributed by atoms with E-state index in [1.807, 2.05) is 24.3 Å². The van der Waals surface area contributed by atoms with E-state index in [2.05, 4.69) is 9.98 Å². The third kappa shape index (κ3) is 8.71. The molecule has 1 amide bonds. The Morgan fingerprint density at radius 2 is 1.63 bits per heavy atom. The van der Waals surface area contributed by atoms with Crippen molar-refractivity contribution in [2.75, 3.05) is 17.2 Å². The predicted octanol–water partition coefficient (Wildman–Crippen LogP) is 6.35. The minimum Gasteiger partial charge on any atom is -0.480 e. The van der Waals surface area contributed by atoms with Gasteiger partial charge in [-0.25, -0.2) is 32.3 Å². The summed E-state index contributed by atoms with van der Waals surface area (Å²) in [7, 11) is -4.17. The molecule has 1 aliphatic heterocycles. The number of thioether (sulfide) groups is 1. The fraction of sp³-hybridized carbons (Fsp3) is 0.394. The molecule has 246 valence electrons. The zero-order valence-corrected chi connectivity index (χ0v) is 28.4. The number of anilines is 1. The first kappa shape index (κ1) is 35.1. The first-order valence-electron chi connectivity index (χ1n) is 14.7. The molecule has 1 N–H and O–H groups in total. The molecule has 0 radical (unpaired) electrons. The largest absolute Gasteiger partial charge is 0.480 e. The molecule has 0 fully saturated rings. The standard InChI is InChI=1S/C33H39FN4O6S2/c1-32(2,3)28(30(39)40)38(31(41)44-33(4,5)6)27-9-7-8-25(36-27)21-37(46(42,43)26-16-14-24(34)15-17-26)20-22-10-12-23(13-11-22)29-35-18-19-45-29/h7-17,28H,18-21H2,1-6H3,(H,39,40). The molecule has 0 bridgehead atoms. The molecule has 4 rings (SSSR count). The first-order valence-corrected chi connectivity index (χ1v) is 17.1. The molecule has 3 aromatic rings. The average molecular weight is 671 g/mol. The summed E-state index contributed by atoms with van der Waals surface area (Å²) in [5, 5.41) is 11.1. The normalized spacial score (nSPS) is 14.6. The summed E-state index contributed by atoms with van der Waals surface area (Å²) < 4.78 is 48.4. The minimum absolute atomic E-state index is 0.00704. The molecular weight excluding hydrogens is 632 g/mol. The number of rotatable bonds is 10. The zero-order chi connectivity index (χ0) is 33.9. The van der Waals surface area contributed by atoms with E-state index < -0.39 is 45.0 Å². The SMILES string of the molecule is CC(C)(C)OC(=O)N(c1cccc(CN(Cc2ccc(C3=NCCS3)cc2)S(=O)(=O)c2ccc(F)cc2)n1)C(C(=O)O)C(C)(C)C. The monoisotopic (exact) mass is 670 g/mol. The van der Waals surface area contributed by atoms with Crippen LogP contribution in [0.3, 0.4) is 0 Å². The number of aliphatic carboxylic acids is 1. The number of carbonyl (C=O) groups excluding carboxylic acids is 1. The Morgan fingerprint density at radius 3 is 2.17 bits per heavy atom. The predicted molar refractivity (Wildman–Crippen MR) is 177 cm³/mol. The van der Waals surface area contributed by atoms with Crippen molar-refractivity contribution in [3.05, 3.63) is 89.4 Å². The second kappa shape index (κ2) is 13.9. The van der Waals surface area contributed by atoms with Crippen molar-refractivity contribution in [1.29, 1.82) is 0 Å². The van der Waals surface area contributed by atoms with Crippen LogP contribution in [0.15, 0.2) is 76.6 Å². The van der Waals surface area contributed by atoms with Crippen LogP contribution < -0.4 is 4.90 Å². The maximum Gasteiger partial charge on any atom is 0.416 e. The zero-order valence-electron chi connectivity index (χ0n) is 26.7. The van der Waals surface area contributed by atoms with Gasteiger partial charge < -0.3 is 9.84 Å². The third-order valence-electron chi connectivity index (χ3n) is 6.88. The number of aliphatic imine (C=N–C) groups is 1. The summed E-state index contributed by atoms with van der Waals surface area (Å²) >= 11 is 1.66. The fourth-order valence-corrected chi connectivity index (χ4v) is 7.09. The number of halogens is 1. The molecule has 1 atom stereocenters. The van der Waals surface area contributed by atoms with Gasteiger partial charge in [0.25, 0.3) is 0 Å². The van der Waals surface area contributed by atoms with Crippen LogP contribution in [-0.4, -0.2) is 63.9 Å². The van der Waals surface area contributed by atoms with Gasteiger partial charge in [-0.3, -0.25) is 4.99 Å². The summed E-state index contributed by atoms with van der Waals surface area (Å²) in [5.74, 6) is -0.914. The van der Waals surface area contributed by atoms with Crippen molar-refractivity contribution in [2.24, 2.45) is 10.4 Å². The highest BCUT2D eigenvalue weighted by Crippen LogP contribution is 2.31. The number of nitrogens with zero attached hydrogens (tertiary/aromatic N) is 4. The second-order valence-corrected chi connectivity index (χ2v) is 15.9. The van der Waals surface area contributed by atoms with Crippen LogP contribution in [0.1, 0.15) is 58.4 Å². The Bertz CT molecular complexity index is 1700. The number of sulfonamides is 1. The van der Waals surface area contributed by atoms with Crippen molar-refractivity contribution in [1.82, 2.24) is 9.29 Å².